The molecule has 25 heavy (non-hydrogen) atoms. The maximum atomic E-state index is 12.5. The van der Waals surface area contributed by atoms with Gasteiger partial charge in [-0.15, -0.1) is 11.3 Å². The molecule has 1 aromatic carbocycles. The van der Waals surface area contributed by atoms with Gasteiger partial charge in [0.15, 0.2) is 0 Å². The fourth-order valence-electron chi connectivity index (χ4n) is 2.10. The summed E-state index contributed by atoms with van der Waals surface area (Å²) in [4.78, 5) is 19.3. The van der Waals surface area contributed by atoms with Gasteiger partial charge in [-0.2, -0.15) is 13.2 Å². The van der Waals surface area contributed by atoms with E-state index in [4.69, 9.17) is 5.11 Å². The number of alkyl halides is 3. The zero-order valence-corrected chi connectivity index (χ0v) is 13.1. The average Bonchev–Trinajstić information content (AvgIpc) is 2.96. The van der Waals surface area contributed by atoms with Crippen LogP contribution >= 0.6 is 11.3 Å². The maximum Gasteiger partial charge on any atom is 0.433 e. The quantitative estimate of drug-likeness (QED) is 0.659. The SMILES string of the molecule is O=C(Nc1ccc2sc(CO)nc2c1)c1ccc(C(F)(F)F)nc1O. The molecule has 1 amide bonds. The number of aliphatic hydroxyl groups excluding tert-OH is 1. The zero-order valence-electron chi connectivity index (χ0n) is 12.3. The van der Waals surface area contributed by atoms with E-state index in [9.17, 15) is 23.1 Å². The molecule has 2 aromatic heterocycles. The molecule has 3 aromatic rings. The Labute approximate surface area is 142 Å². The van der Waals surface area contributed by atoms with Gasteiger partial charge in [-0.25, -0.2) is 9.97 Å². The molecule has 6 nitrogen and oxygen atoms in total. The van der Waals surface area contributed by atoms with Crippen LogP contribution in [0.5, 0.6) is 5.88 Å². The largest absolute Gasteiger partial charge is 0.493 e. The van der Waals surface area contributed by atoms with E-state index < -0.39 is 23.7 Å². The summed E-state index contributed by atoms with van der Waals surface area (Å²) < 4.78 is 38.4. The molecule has 10 heteroatoms. The molecular weight excluding hydrogens is 359 g/mol. The number of anilines is 1. The van der Waals surface area contributed by atoms with Crippen LogP contribution in [-0.4, -0.2) is 26.1 Å². The third kappa shape index (κ3) is 3.54. The molecule has 3 rings (SSSR count). The molecule has 0 aliphatic heterocycles. The molecule has 0 saturated carbocycles. The first kappa shape index (κ1) is 17.1. The van der Waals surface area contributed by atoms with Crippen molar-refractivity contribution in [1.82, 2.24) is 9.97 Å². The van der Waals surface area contributed by atoms with Crippen molar-refractivity contribution >= 4 is 33.1 Å². The van der Waals surface area contributed by atoms with Gasteiger partial charge in [0.1, 0.15) is 16.3 Å². The van der Waals surface area contributed by atoms with Gasteiger partial charge in [0.2, 0.25) is 5.88 Å². The van der Waals surface area contributed by atoms with Crippen LogP contribution in [0.1, 0.15) is 21.1 Å². The number of carbonyl (C=O) groups excluding carboxylic acids is 1. The molecule has 0 aliphatic carbocycles. The van der Waals surface area contributed by atoms with Crippen LogP contribution in [0.4, 0.5) is 18.9 Å². The second-order valence-corrected chi connectivity index (χ2v) is 6.08. The van der Waals surface area contributed by atoms with Crippen LogP contribution < -0.4 is 5.32 Å². The highest BCUT2D eigenvalue weighted by molar-refractivity contribution is 7.18. The Balaban J connectivity index is 1.84. The lowest BCUT2D eigenvalue weighted by Gasteiger charge is -2.09. The standard InChI is InChI=1S/C15H10F3N3O3S/c16-15(17,18)11-4-2-8(14(24)21-11)13(23)19-7-1-3-10-9(5-7)20-12(6-22)25-10/h1-5,22H,6H2,(H,19,23)(H,21,24). The van der Waals surface area contributed by atoms with Gasteiger partial charge in [0.05, 0.1) is 16.8 Å². The highest BCUT2D eigenvalue weighted by Crippen LogP contribution is 2.30. The van der Waals surface area contributed by atoms with E-state index in [-0.39, 0.29) is 12.2 Å². The van der Waals surface area contributed by atoms with E-state index >= 15 is 0 Å². The number of carbonyl (C=O) groups is 1. The molecule has 0 saturated heterocycles. The summed E-state index contributed by atoms with van der Waals surface area (Å²) in [6.07, 6.45) is -4.72. The summed E-state index contributed by atoms with van der Waals surface area (Å²) in [7, 11) is 0. The molecule has 0 aliphatic rings. The van der Waals surface area contributed by atoms with Crippen LogP contribution in [0.2, 0.25) is 0 Å². The first-order chi connectivity index (χ1) is 11.8. The van der Waals surface area contributed by atoms with Crippen LogP contribution in [0.15, 0.2) is 30.3 Å². The Morgan fingerprint density at radius 1 is 1.20 bits per heavy atom. The number of benzene rings is 1. The van der Waals surface area contributed by atoms with E-state index in [0.29, 0.717) is 22.3 Å². The topological polar surface area (TPSA) is 95.3 Å². The van der Waals surface area contributed by atoms with Crippen molar-refractivity contribution < 1.29 is 28.2 Å². The number of nitrogens with zero attached hydrogens (tertiary/aromatic N) is 2. The number of rotatable bonds is 3. The van der Waals surface area contributed by atoms with Gasteiger partial charge >= 0.3 is 6.18 Å². The lowest BCUT2D eigenvalue weighted by atomic mass is 10.2. The Morgan fingerprint density at radius 2 is 1.96 bits per heavy atom. The van der Waals surface area contributed by atoms with E-state index in [2.05, 4.69) is 15.3 Å². The minimum atomic E-state index is -4.72. The fourth-order valence-corrected chi connectivity index (χ4v) is 2.91. The second kappa shape index (κ2) is 6.30. The predicted molar refractivity (Wildman–Crippen MR) is 84.4 cm³/mol. The predicted octanol–water partition coefficient (Wildman–Crippen LogP) is 3.16. The van der Waals surface area contributed by atoms with Gasteiger partial charge in [-0.05, 0) is 30.3 Å². The van der Waals surface area contributed by atoms with Crippen LogP contribution in [-0.2, 0) is 12.8 Å². The normalized spacial score (nSPS) is 11.7. The maximum absolute atomic E-state index is 12.5. The summed E-state index contributed by atoms with van der Waals surface area (Å²) in [6.45, 7) is -0.202. The lowest BCUT2D eigenvalue weighted by Crippen LogP contribution is -2.14. The zero-order chi connectivity index (χ0) is 18.2. The molecule has 0 bridgehead atoms. The first-order valence-electron chi connectivity index (χ1n) is 6.87. The van der Waals surface area contributed by atoms with Crippen molar-refractivity contribution in [2.24, 2.45) is 0 Å². The minimum Gasteiger partial charge on any atom is -0.493 e. The minimum absolute atomic E-state index is 0.202. The van der Waals surface area contributed by atoms with E-state index in [1.807, 2.05) is 0 Å². The van der Waals surface area contributed by atoms with Crippen molar-refractivity contribution in [3.63, 3.8) is 0 Å². The molecule has 0 spiro atoms. The van der Waals surface area contributed by atoms with Gasteiger partial charge in [0, 0.05) is 5.69 Å². The van der Waals surface area contributed by atoms with Crippen molar-refractivity contribution in [2.45, 2.75) is 12.8 Å². The Kier molecular flexibility index (Phi) is 4.31. The van der Waals surface area contributed by atoms with E-state index in [0.717, 1.165) is 10.8 Å². The van der Waals surface area contributed by atoms with Gasteiger partial charge in [-0.1, -0.05) is 0 Å². The summed E-state index contributed by atoms with van der Waals surface area (Å²) in [5.74, 6) is -1.82. The molecule has 3 N–H and O–H groups in total. The average molecular weight is 369 g/mol. The summed E-state index contributed by atoms with van der Waals surface area (Å²) in [5, 5.41) is 21.7. The first-order valence-corrected chi connectivity index (χ1v) is 7.68. The number of aliphatic hydroxyl groups is 1. The van der Waals surface area contributed by atoms with Gasteiger partial charge < -0.3 is 15.5 Å². The Bertz CT molecular complexity index is 956. The number of hydrogen-bond acceptors (Lipinski definition) is 6. The number of aromatic hydroxyl groups is 1. The van der Waals surface area contributed by atoms with E-state index in [1.165, 1.54) is 11.3 Å². The summed E-state index contributed by atoms with van der Waals surface area (Å²) >= 11 is 1.30. The number of aromatic nitrogens is 2. The number of halogens is 3. The summed E-state index contributed by atoms with van der Waals surface area (Å²) in [6, 6.07) is 6.29. The molecule has 0 fully saturated rings. The number of fused-ring (bicyclic) bond motifs is 1. The number of hydrogen-bond donors (Lipinski definition) is 3. The van der Waals surface area contributed by atoms with Crippen molar-refractivity contribution in [3.05, 3.63) is 46.6 Å². The number of thiazole rings is 1. The van der Waals surface area contributed by atoms with Crippen LogP contribution in [0.3, 0.4) is 0 Å². The Hall–Kier alpha value is -2.72. The monoisotopic (exact) mass is 369 g/mol. The highest BCUT2D eigenvalue weighted by Gasteiger charge is 2.33. The molecular formula is C15H10F3N3O3S. The van der Waals surface area contributed by atoms with E-state index in [1.54, 1.807) is 18.2 Å². The molecule has 0 radical (unpaired) electrons. The number of pyridine rings is 1. The van der Waals surface area contributed by atoms with Gasteiger partial charge in [0.25, 0.3) is 5.91 Å². The van der Waals surface area contributed by atoms with Crippen LogP contribution in [0, 0.1) is 0 Å². The molecule has 130 valence electrons. The number of amides is 1. The van der Waals surface area contributed by atoms with Crippen molar-refractivity contribution in [2.75, 3.05) is 5.32 Å². The van der Waals surface area contributed by atoms with Crippen molar-refractivity contribution in [1.29, 1.82) is 0 Å². The molecule has 0 atom stereocenters. The molecule has 0 unspecified atom stereocenters. The smallest absolute Gasteiger partial charge is 0.433 e. The highest BCUT2D eigenvalue weighted by atomic mass is 32.1. The summed E-state index contributed by atoms with van der Waals surface area (Å²) in [5.41, 5.74) is -0.780. The fraction of sp³-hybridized carbons (Fsp3) is 0.133. The second-order valence-electron chi connectivity index (χ2n) is 4.97. The lowest BCUT2D eigenvalue weighted by molar-refractivity contribution is -0.141. The number of nitrogens with one attached hydrogen (secondary N) is 1. The third-order valence-electron chi connectivity index (χ3n) is 3.24. The van der Waals surface area contributed by atoms with Gasteiger partial charge in [-0.3, -0.25) is 4.79 Å². The Morgan fingerprint density at radius 3 is 2.60 bits per heavy atom. The van der Waals surface area contributed by atoms with Crippen LogP contribution in [0.25, 0.3) is 10.2 Å². The van der Waals surface area contributed by atoms with Crippen molar-refractivity contribution in [3.8, 4) is 5.88 Å². The third-order valence-corrected chi connectivity index (χ3v) is 4.26. The molecule has 2 heterocycles.